The number of hydrogen-bond donors (Lipinski definition) is 2. The summed E-state index contributed by atoms with van der Waals surface area (Å²) in [6.45, 7) is 6.67. The molecule has 15 heavy (non-hydrogen) atoms. The van der Waals surface area contributed by atoms with Crippen LogP contribution in [0.4, 0.5) is 5.69 Å². The molecule has 1 saturated heterocycles. The Morgan fingerprint density at radius 2 is 1.87 bits per heavy atom. The summed E-state index contributed by atoms with van der Waals surface area (Å²) in [5, 5.41) is 6.87. The Kier molecular flexibility index (Phi) is 3.59. The van der Waals surface area contributed by atoms with E-state index in [1.54, 1.807) is 0 Å². The third-order valence-corrected chi connectivity index (χ3v) is 2.85. The highest BCUT2D eigenvalue weighted by Gasteiger charge is 2.15. The quantitative estimate of drug-likeness (QED) is 0.780. The molecule has 1 unspecified atom stereocenters. The van der Waals surface area contributed by atoms with Gasteiger partial charge in [0.1, 0.15) is 0 Å². The third-order valence-electron chi connectivity index (χ3n) is 2.85. The summed E-state index contributed by atoms with van der Waals surface area (Å²) in [6.07, 6.45) is 0.412. The van der Waals surface area contributed by atoms with Gasteiger partial charge in [0.05, 0.1) is 6.17 Å². The summed E-state index contributed by atoms with van der Waals surface area (Å²) in [5.74, 6) is 0. The standard InChI is InChI=1S/C12H19N3/c1-11(15-9-7-13-8-10-15)14-12-5-3-2-4-6-12/h2-6,11,13-14H,7-10H2,1H3. The molecule has 0 aromatic heterocycles. The number of rotatable bonds is 3. The summed E-state index contributed by atoms with van der Waals surface area (Å²) < 4.78 is 0. The van der Waals surface area contributed by atoms with Gasteiger partial charge in [-0.3, -0.25) is 4.90 Å². The Balaban J connectivity index is 1.88. The molecule has 0 saturated carbocycles. The minimum atomic E-state index is 0.412. The second-order valence-electron chi connectivity index (χ2n) is 3.97. The van der Waals surface area contributed by atoms with Gasteiger partial charge in [-0.2, -0.15) is 0 Å². The molecule has 1 aliphatic rings. The highest BCUT2D eigenvalue weighted by Crippen LogP contribution is 2.09. The summed E-state index contributed by atoms with van der Waals surface area (Å²) in [5.41, 5.74) is 1.20. The number of benzene rings is 1. The zero-order valence-electron chi connectivity index (χ0n) is 9.24. The van der Waals surface area contributed by atoms with E-state index in [0.717, 1.165) is 26.2 Å². The SMILES string of the molecule is CC(Nc1ccccc1)N1CCNCC1. The molecule has 0 aliphatic carbocycles. The molecule has 1 aliphatic heterocycles. The first-order chi connectivity index (χ1) is 7.36. The van der Waals surface area contributed by atoms with Crippen LogP contribution in [0, 0.1) is 0 Å². The summed E-state index contributed by atoms with van der Waals surface area (Å²) >= 11 is 0. The van der Waals surface area contributed by atoms with Crippen LogP contribution in [0.2, 0.25) is 0 Å². The molecule has 3 heteroatoms. The van der Waals surface area contributed by atoms with Gasteiger partial charge in [0, 0.05) is 31.9 Å². The molecule has 1 aromatic rings. The van der Waals surface area contributed by atoms with E-state index >= 15 is 0 Å². The normalized spacial score (nSPS) is 19.8. The average molecular weight is 205 g/mol. The zero-order chi connectivity index (χ0) is 10.5. The molecule has 1 aromatic carbocycles. The van der Waals surface area contributed by atoms with Crippen LogP contribution in [-0.4, -0.2) is 37.2 Å². The Morgan fingerprint density at radius 3 is 2.53 bits per heavy atom. The smallest absolute Gasteiger partial charge is 0.0765 e. The number of hydrogen-bond acceptors (Lipinski definition) is 3. The van der Waals surface area contributed by atoms with Crippen molar-refractivity contribution in [2.75, 3.05) is 31.5 Å². The molecule has 1 atom stereocenters. The Bertz CT molecular complexity index is 280. The Morgan fingerprint density at radius 1 is 1.20 bits per heavy atom. The summed E-state index contributed by atoms with van der Waals surface area (Å²) in [6, 6.07) is 10.4. The lowest BCUT2D eigenvalue weighted by atomic mass is 10.3. The van der Waals surface area contributed by atoms with Crippen LogP contribution in [0.15, 0.2) is 30.3 Å². The molecule has 82 valence electrons. The van der Waals surface area contributed by atoms with E-state index in [4.69, 9.17) is 0 Å². The number of nitrogens with one attached hydrogen (secondary N) is 2. The van der Waals surface area contributed by atoms with Gasteiger partial charge in [0.25, 0.3) is 0 Å². The molecule has 0 spiro atoms. The highest BCUT2D eigenvalue weighted by molar-refractivity contribution is 5.43. The fraction of sp³-hybridized carbons (Fsp3) is 0.500. The maximum absolute atomic E-state index is 3.51. The number of nitrogens with zero attached hydrogens (tertiary/aromatic N) is 1. The Labute approximate surface area is 91.5 Å². The van der Waals surface area contributed by atoms with Gasteiger partial charge in [-0.25, -0.2) is 0 Å². The second kappa shape index (κ2) is 5.14. The van der Waals surface area contributed by atoms with Crippen molar-refractivity contribution < 1.29 is 0 Å². The van der Waals surface area contributed by atoms with E-state index < -0.39 is 0 Å². The largest absolute Gasteiger partial charge is 0.370 e. The molecule has 2 N–H and O–H groups in total. The van der Waals surface area contributed by atoms with Crippen LogP contribution in [-0.2, 0) is 0 Å². The molecule has 0 radical (unpaired) electrons. The van der Waals surface area contributed by atoms with Crippen LogP contribution in [0.1, 0.15) is 6.92 Å². The minimum Gasteiger partial charge on any atom is -0.370 e. The maximum atomic E-state index is 3.51. The van der Waals surface area contributed by atoms with Gasteiger partial charge >= 0.3 is 0 Å². The van der Waals surface area contributed by atoms with E-state index in [-0.39, 0.29) is 0 Å². The average Bonchev–Trinajstić information content (AvgIpc) is 2.31. The molecular formula is C12H19N3. The first kappa shape index (κ1) is 10.5. The number of anilines is 1. The van der Waals surface area contributed by atoms with E-state index in [0.29, 0.717) is 6.17 Å². The van der Waals surface area contributed by atoms with Crippen molar-refractivity contribution in [1.82, 2.24) is 10.2 Å². The molecule has 2 rings (SSSR count). The van der Waals surface area contributed by atoms with Crippen molar-refractivity contribution in [3.05, 3.63) is 30.3 Å². The fourth-order valence-corrected chi connectivity index (χ4v) is 1.94. The predicted octanol–water partition coefficient (Wildman–Crippen LogP) is 1.35. The second-order valence-corrected chi connectivity index (χ2v) is 3.97. The van der Waals surface area contributed by atoms with Gasteiger partial charge in [-0.05, 0) is 19.1 Å². The lowest BCUT2D eigenvalue weighted by Gasteiger charge is -2.33. The van der Waals surface area contributed by atoms with Crippen LogP contribution in [0.3, 0.4) is 0 Å². The molecule has 1 fully saturated rings. The minimum absolute atomic E-state index is 0.412. The van der Waals surface area contributed by atoms with Crippen molar-refractivity contribution in [2.24, 2.45) is 0 Å². The first-order valence-corrected chi connectivity index (χ1v) is 5.62. The van der Waals surface area contributed by atoms with Crippen LogP contribution >= 0.6 is 0 Å². The number of para-hydroxylation sites is 1. The van der Waals surface area contributed by atoms with Crippen LogP contribution < -0.4 is 10.6 Å². The van der Waals surface area contributed by atoms with Gasteiger partial charge in [0.2, 0.25) is 0 Å². The van der Waals surface area contributed by atoms with Crippen LogP contribution in [0.25, 0.3) is 0 Å². The lowest BCUT2D eigenvalue weighted by molar-refractivity contribution is 0.201. The molecule has 0 bridgehead atoms. The van der Waals surface area contributed by atoms with Gasteiger partial charge < -0.3 is 10.6 Å². The molecule has 1 heterocycles. The third kappa shape index (κ3) is 2.94. The van der Waals surface area contributed by atoms with Crippen LogP contribution in [0.5, 0.6) is 0 Å². The van der Waals surface area contributed by atoms with Crippen molar-refractivity contribution >= 4 is 5.69 Å². The number of piperazine rings is 1. The zero-order valence-corrected chi connectivity index (χ0v) is 9.24. The van der Waals surface area contributed by atoms with Crippen molar-refractivity contribution in [3.8, 4) is 0 Å². The highest BCUT2D eigenvalue weighted by atomic mass is 15.3. The van der Waals surface area contributed by atoms with Gasteiger partial charge in [-0.1, -0.05) is 18.2 Å². The van der Waals surface area contributed by atoms with E-state index in [1.807, 2.05) is 6.07 Å². The van der Waals surface area contributed by atoms with Crippen molar-refractivity contribution in [3.63, 3.8) is 0 Å². The fourth-order valence-electron chi connectivity index (χ4n) is 1.94. The van der Waals surface area contributed by atoms with E-state index in [2.05, 4.69) is 46.7 Å². The summed E-state index contributed by atoms with van der Waals surface area (Å²) in [4.78, 5) is 2.46. The topological polar surface area (TPSA) is 27.3 Å². The lowest BCUT2D eigenvalue weighted by Crippen LogP contribution is -2.49. The van der Waals surface area contributed by atoms with E-state index in [9.17, 15) is 0 Å². The van der Waals surface area contributed by atoms with Gasteiger partial charge in [-0.15, -0.1) is 0 Å². The monoisotopic (exact) mass is 205 g/mol. The maximum Gasteiger partial charge on any atom is 0.0765 e. The van der Waals surface area contributed by atoms with Crippen molar-refractivity contribution in [2.45, 2.75) is 13.1 Å². The van der Waals surface area contributed by atoms with Crippen molar-refractivity contribution in [1.29, 1.82) is 0 Å². The summed E-state index contributed by atoms with van der Waals surface area (Å²) in [7, 11) is 0. The molecule has 3 nitrogen and oxygen atoms in total. The Hall–Kier alpha value is -1.06. The predicted molar refractivity (Wildman–Crippen MR) is 64.0 cm³/mol. The molecular weight excluding hydrogens is 186 g/mol. The van der Waals surface area contributed by atoms with E-state index in [1.165, 1.54) is 5.69 Å². The first-order valence-electron chi connectivity index (χ1n) is 5.62. The van der Waals surface area contributed by atoms with Gasteiger partial charge in [0.15, 0.2) is 0 Å². The molecule has 0 amide bonds.